The minimum atomic E-state index is -2.67. The SMILES string of the molecule is CC(C)[Si](O[Si](C)(C)O)(O[Si](C)(C)O)C(C)C. The first-order valence-electron chi connectivity index (χ1n) is 6.15. The zero-order valence-electron chi connectivity index (χ0n) is 12.4. The molecule has 0 heterocycles. The van der Waals surface area contributed by atoms with E-state index in [1.807, 2.05) is 27.7 Å². The van der Waals surface area contributed by atoms with Crippen LogP contribution in [-0.2, 0) is 8.23 Å². The second-order valence-corrected chi connectivity index (χ2v) is 17.3. The zero-order chi connectivity index (χ0) is 14.1. The van der Waals surface area contributed by atoms with Crippen LogP contribution in [0.4, 0.5) is 0 Å². The van der Waals surface area contributed by atoms with E-state index < -0.39 is 25.7 Å². The average Bonchev–Trinajstić information content (AvgIpc) is 1.96. The largest absolute Gasteiger partial charge is 0.415 e. The number of hydrogen-bond acceptors (Lipinski definition) is 4. The third-order valence-electron chi connectivity index (χ3n) is 2.43. The molecule has 0 aliphatic rings. The molecule has 0 saturated carbocycles. The maximum Gasteiger partial charge on any atom is 0.325 e. The Bertz CT molecular complexity index is 217. The predicted octanol–water partition coefficient (Wildman–Crippen LogP) is 2.67. The summed E-state index contributed by atoms with van der Waals surface area (Å²) in [4.78, 5) is 20.1. The molecule has 0 saturated heterocycles. The van der Waals surface area contributed by atoms with Gasteiger partial charge in [-0.2, -0.15) is 0 Å². The quantitative estimate of drug-likeness (QED) is 0.740. The molecule has 0 aromatic heterocycles. The number of hydrogen-bond donors (Lipinski definition) is 2. The van der Waals surface area contributed by atoms with Crippen molar-refractivity contribution >= 4 is 25.7 Å². The first-order valence-corrected chi connectivity index (χ1v) is 13.8. The fourth-order valence-electron chi connectivity index (χ4n) is 1.94. The van der Waals surface area contributed by atoms with Crippen LogP contribution in [0.2, 0.25) is 37.3 Å². The fraction of sp³-hybridized carbons (Fsp3) is 1.00. The smallest absolute Gasteiger partial charge is 0.325 e. The molecular formula is C10H28O4Si3. The normalized spacial score (nSPS) is 14.8. The van der Waals surface area contributed by atoms with Gasteiger partial charge in [0.05, 0.1) is 0 Å². The van der Waals surface area contributed by atoms with Gasteiger partial charge in [0.25, 0.3) is 0 Å². The van der Waals surface area contributed by atoms with Crippen molar-refractivity contribution in [3.05, 3.63) is 0 Å². The van der Waals surface area contributed by atoms with Crippen molar-refractivity contribution in [2.45, 2.75) is 65.0 Å². The van der Waals surface area contributed by atoms with Crippen LogP contribution in [0.15, 0.2) is 0 Å². The second-order valence-electron chi connectivity index (χ2n) is 6.13. The molecule has 0 rings (SSSR count). The molecule has 4 nitrogen and oxygen atoms in total. The summed E-state index contributed by atoms with van der Waals surface area (Å²) in [5.41, 5.74) is 0.390. The van der Waals surface area contributed by atoms with E-state index in [0.717, 1.165) is 0 Å². The summed E-state index contributed by atoms with van der Waals surface area (Å²) in [7, 11) is -7.94. The van der Waals surface area contributed by atoms with E-state index in [1.165, 1.54) is 0 Å². The lowest BCUT2D eigenvalue weighted by Crippen LogP contribution is -2.59. The van der Waals surface area contributed by atoms with Crippen molar-refractivity contribution in [2.24, 2.45) is 0 Å². The summed E-state index contributed by atoms with van der Waals surface area (Å²) in [6, 6.07) is 0. The summed E-state index contributed by atoms with van der Waals surface area (Å²) >= 11 is 0. The highest BCUT2D eigenvalue weighted by Gasteiger charge is 2.51. The minimum Gasteiger partial charge on any atom is -0.415 e. The molecule has 0 radical (unpaired) electrons. The lowest BCUT2D eigenvalue weighted by molar-refractivity contribution is 0.264. The van der Waals surface area contributed by atoms with E-state index in [2.05, 4.69) is 0 Å². The van der Waals surface area contributed by atoms with Gasteiger partial charge in [0.15, 0.2) is 0 Å². The molecular weight excluding hydrogens is 268 g/mol. The Morgan fingerprint density at radius 2 is 0.941 bits per heavy atom. The molecule has 0 aromatic rings. The highest BCUT2D eigenvalue weighted by Crippen LogP contribution is 2.38. The van der Waals surface area contributed by atoms with Crippen LogP contribution < -0.4 is 0 Å². The molecule has 0 amide bonds. The van der Waals surface area contributed by atoms with Crippen LogP contribution in [0.5, 0.6) is 0 Å². The van der Waals surface area contributed by atoms with Gasteiger partial charge in [-0.3, -0.25) is 0 Å². The first kappa shape index (κ1) is 17.5. The van der Waals surface area contributed by atoms with Crippen molar-refractivity contribution < 1.29 is 17.8 Å². The summed E-state index contributed by atoms with van der Waals surface area (Å²) < 4.78 is 12.0. The summed E-state index contributed by atoms with van der Waals surface area (Å²) in [6.45, 7) is 15.2. The Kier molecular flexibility index (Phi) is 5.80. The number of rotatable bonds is 6. The lowest BCUT2D eigenvalue weighted by Gasteiger charge is -2.44. The van der Waals surface area contributed by atoms with Crippen molar-refractivity contribution in [1.82, 2.24) is 0 Å². The van der Waals surface area contributed by atoms with Gasteiger partial charge in [-0.25, -0.2) is 0 Å². The summed E-state index contributed by atoms with van der Waals surface area (Å²) in [5.74, 6) is 0. The molecule has 0 aromatic carbocycles. The molecule has 0 aliphatic heterocycles. The van der Waals surface area contributed by atoms with Gasteiger partial charge in [0, 0.05) is 0 Å². The zero-order valence-corrected chi connectivity index (χ0v) is 15.4. The van der Waals surface area contributed by atoms with E-state index in [9.17, 15) is 9.59 Å². The molecule has 7 heteroatoms. The van der Waals surface area contributed by atoms with E-state index in [4.69, 9.17) is 8.23 Å². The van der Waals surface area contributed by atoms with Gasteiger partial charge < -0.3 is 17.8 Å². The standard InChI is InChI=1S/C10H28O4Si3/c1-9(2)17(10(3)4,13-15(5,6)11)14-16(7,8)12/h9-12H,1-8H3. The van der Waals surface area contributed by atoms with Crippen molar-refractivity contribution in [1.29, 1.82) is 0 Å². The third-order valence-corrected chi connectivity index (χ3v) is 12.2. The molecule has 2 N–H and O–H groups in total. The van der Waals surface area contributed by atoms with Crippen molar-refractivity contribution in [2.75, 3.05) is 0 Å². The monoisotopic (exact) mass is 296 g/mol. The van der Waals surface area contributed by atoms with Crippen LogP contribution in [0.1, 0.15) is 27.7 Å². The van der Waals surface area contributed by atoms with Crippen LogP contribution in [0.25, 0.3) is 0 Å². The Hall–Kier alpha value is 0.491. The Labute approximate surface area is 109 Å². The fourth-order valence-corrected chi connectivity index (χ4v) is 13.8. The molecule has 0 fully saturated rings. The first-order chi connectivity index (χ1) is 7.30. The highest BCUT2D eigenvalue weighted by atomic mass is 28.5. The van der Waals surface area contributed by atoms with Gasteiger partial charge in [-0.1, -0.05) is 27.7 Å². The van der Waals surface area contributed by atoms with E-state index in [0.29, 0.717) is 0 Å². The lowest BCUT2D eigenvalue weighted by atomic mass is 10.5. The molecule has 0 bridgehead atoms. The van der Waals surface area contributed by atoms with Crippen LogP contribution in [0.3, 0.4) is 0 Å². The minimum absolute atomic E-state index is 0.195. The molecule has 0 atom stereocenters. The molecule has 104 valence electrons. The molecule has 0 aliphatic carbocycles. The second kappa shape index (κ2) is 5.64. The maximum absolute atomic E-state index is 10.1. The van der Waals surface area contributed by atoms with Gasteiger partial charge in [0.1, 0.15) is 0 Å². The van der Waals surface area contributed by atoms with Gasteiger partial charge in [-0.15, -0.1) is 0 Å². The molecule has 0 spiro atoms. The van der Waals surface area contributed by atoms with Crippen LogP contribution in [-0.4, -0.2) is 35.3 Å². The van der Waals surface area contributed by atoms with E-state index >= 15 is 0 Å². The average molecular weight is 297 g/mol. The van der Waals surface area contributed by atoms with Crippen molar-refractivity contribution in [3.8, 4) is 0 Å². The Morgan fingerprint density at radius 3 is 1.06 bits per heavy atom. The summed E-state index contributed by atoms with van der Waals surface area (Å²) in [5, 5.41) is 0. The van der Waals surface area contributed by atoms with Crippen LogP contribution in [0, 0.1) is 0 Å². The summed E-state index contributed by atoms with van der Waals surface area (Å²) in [6.07, 6.45) is 0. The molecule has 17 heavy (non-hydrogen) atoms. The topological polar surface area (TPSA) is 58.9 Å². The van der Waals surface area contributed by atoms with Crippen molar-refractivity contribution in [3.63, 3.8) is 0 Å². The molecule has 0 unspecified atom stereocenters. The van der Waals surface area contributed by atoms with E-state index in [-0.39, 0.29) is 11.1 Å². The van der Waals surface area contributed by atoms with Gasteiger partial charge in [0.2, 0.25) is 0 Å². The van der Waals surface area contributed by atoms with Gasteiger partial charge >= 0.3 is 25.7 Å². The van der Waals surface area contributed by atoms with Crippen LogP contribution >= 0.6 is 0 Å². The Balaban J connectivity index is 5.30. The highest BCUT2D eigenvalue weighted by molar-refractivity contribution is 6.86. The maximum atomic E-state index is 10.1. The predicted molar refractivity (Wildman–Crippen MR) is 77.5 cm³/mol. The Morgan fingerprint density at radius 1 is 0.706 bits per heavy atom. The third kappa shape index (κ3) is 5.77. The van der Waals surface area contributed by atoms with E-state index in [1.54, 1.807) is 26.2 Å². The van der Waals surface area contributed by atoms with Gasteiger partial charge in [-0.05, 0) is 37.3 Å².